The standard InChI is InChI=1S/C27H27F3N3O2P/c1-31-19-13-17(12-18(27(34)35)25(19)32-2)20-22(28)23(29)21(26(36)24(20)30)16-8-6-7-15(11-16)14-33-9-4-3-5-10-33/h6-8,11-13H,3-5,9-10,14,36H2,1-2H3,(H,34,35)/b31-19-,32-25-. The fourth-order valence-electron chi connectivity index (χ4n) is 4.75. The van der Waals surface area contributed by atoms with E-state index in [9.17, 15) is 9.90 Å². The van der Waals surface area contributed by atoms with Gasteiger partial charge in [-0.25, -0.2) is 18.0 Å². The number of piperidine rings is 1. The number of nitrogens with zero attached hydrogens (tertiary/aromatic N) is 3. The number of aliphatic imine (C=N–C) groups is 2. The van der Waals surface area contributed by atoms with Crippen molar-refractivity contribution in [2.24, 2.45) is 9.98 Å². The molecule has 0 bridgehead atoms. The van der Waals surface area contributed by atoms with Crippen molar-refractivity contribution in [2.45, 2.75) is 25.8 Å². The minimum atomic E-state index is -1.39. The monoisotopic (exact) mass is 513 g/mol. The average Bonchev–Trinajstić information content (AvgIpc) is 2.88. The fraction of sp³-hybridized carbons (Fsp3) is 0.296. The van der Waals surface area contributed by atoms with Crippen molar-refractivity contribution in [3.05, 3.63) is 70.6 Å². The van der Waals surface area contributed by atoms with Gasteiger partial charge in [0, 0.05) is 31.5 Å². The number of carbonyl (C=O) groups is 1. The van der Waals surface area contributed by atoms with E-state index in [-0.39, 0.29) is 33.4 Å². The molecular formula is C27H27F3N3O2P. The minimum absolute atomic E-state index is 0.0725. The summed E-state index contributed by atoms with van der Waals surface area (Å²) in [5, 5.41) is 9.46. The number of carboxylic acids is 1. The molecule has 1 atom stereocenters. The molecule has 5 nitrogen and oxygen atoms in total. The van der Waals surface area contributed by atoms with E-state index in [1.807, 2.05) is 6.07 Å². The summed E-state index contributed by atoms with van der Waals surface area (Å²) in [5.41, 5.74) is 0.251. The highest BCUT2D eigenvalue weighted by atomic mass is 31.0. The van der Waals surface area contributed by atoms with Crippen LogP contribution in [0.4, 0.5) is 13.2 Å². The molecule has 1 saturated heterocycles. The highest BCUT2D eigenvalue weighted by molar-refractivity contribution is 7.28. The van der Waals surface area contributed by atoms with Gasteiger partial charge in [0.15, 0.2) is 11.6 Å². The van der Waals surface area contributed by atoms with Gasteiger partial charge in [0.2, 0.25) is 0 Å². The molecule has 0 radical (unpaired) electrons. The summed E-state index contributed by atoms with van der Waals surface area (Å²) in [7, 11) is 4.97. The highest BCUT2D eigenvalue weighted by Crippen LogP contribution is 2.34. The van der Waals surface area contributed by atoms with E-state index < -0.39 is 29.0 Å². The Morgan fingerprint density at radius 3 is 2.33 bits per heavy atom. The first-order valence-electron chi connectivity index (χ1n) is 11.7. The molecule has 36 heavy (non-hydrogen) atoms. The lowest BCUT2D eigenvalue weighted by Gasteiger charge is -2.26. The topological polar surface area (TPSA) is 65.3 Å². The molecule has 9 heteroatoms. The lowest BCUT2D eigenvalue weighted by molar-refractivity contribution is -0.132. The van der Waals surface area contributed by atoms with Crippen LogP contribution in [0, 0.1) is 17.5 Å². The number of allylic oxidation sites excluding steroid dienone is 3. The van der Waals surface area contributed by atoms with E-state index in [0.29, 0.717) is 12.1 Å². The molecule has 4 rings (SSSR count). The maximum atomic E-state index is 15.7. The Morgan fingerprint density at radius 2 is 1.69 bits per heavy atom. The van der Waals surface area contributed by atoms with Crippen LogP contribution in [0.2, 0.25) is 0 Å². The van der Waals surface area contributed by atoms with Crippen LogP contribution in [-0.4, -0.2) is 54.6 Å². The number of hydrogen-bond donors (Lipinski definition) is 1. The van der Waals surface area contributed by atoms with Crippen molar-refractivity contribution >= 4 is 37.5 Å². The summed E-state index contributed by atoms with van der Waals surface area (Å²) in [6.45, 7) is 2.65. The summed E-state index contributed by atoms with van der Waals surface area (Å²) in [6, 6.07) is 7.05. The Balaban J connectivity index is 1.80. The predicted octanol–water partition coefficient (Wildman–Crippen LogP) is 4.81. The van der Waals surface area contributed by atoms with Gasteiger partial charge in [-0.15, -0.1) is 9.24 Å². The normalized spacial score (nSPS) is 18.9. The van der Waals surface area contributed by atoms with Crippen LogP contribution in [-0.2, 0) is 11.3 Å². The summed E-state index contributed by atoms with van der Waals surface area (Å²) in [6.07, 6.45) is 5.86. The second-order valence-corrected chi connectivity index (χ2v) is 9.36. The Labute approximate surface area is 210 Å². The van der Waals surface area contributed by atoms with Gasteiger partial charge in [-0.2, -0.15) is 0 Å². The zero-order valence-corrected chi connectivity index (χ0v) is 21.3. The number of likely N-dealkylation sites (tertiary alicyclic amines) is 1. The molecule has 0 aromatic heterocycles. The van der Waals surface area contributed by atoms with Crippen LogP contribution in [0.15, 0.2) is 52.0 Å². The number of carboxylic acid groups (broad SMARTS) is 1. The van der Waals surface area contributed by atoms with Crippen LogP contribution < -0.4 is 5.30 Å². The third kappa shape index (κ3) is 4.93. The van der Waals surface area contributed by atoms with Gasteiger partial charge >= 0.3 is 5.97 Å². The Morgan fingerprint density at radius 1 is 1.00 bits per heavy atom. The van der Waals surface area contributed by atoms with Crippen molar-refractivity contribution in [1.29, 1.82) is 0 Å². The van der Waals surface area contributed by atoms with Gasteiger partial charge in [0.1, 0.15) is 5.82 Å². The summed E-state index contributed by atoms with van der Waals surface area (Å²) in [4.78, 5) is 22.0. The second-order valence-electron chi connectivity index (χ2n) is 8.79. The number of aliphatic carboxylic acids is 1. The molecule has 0 saturated carbocycles. The van der Waals surface area contributed by atoms with E-state index in [4.69, 9.17) is 0 Å². The predicted molar refractivity (Wildman–Crippen MR) is 141 cm³/mol. The molecule has 1 unspecified atom stereocenters. The van der Waals surface area contributed by atoms with Crippen molar-refractivity contribution in [3.8, 4) is 11.1 Å². The van der Waals surface area contributed by atoms with Gasteiger partial charge in [-0.3, -0.25) is 14.9 Å². The van der Waals surface area contributed by atoms with Crippen LogP contribution in [0.25, 0.3) is 16.7 Å². The smallest absolute Gasteiger partial charge is 0.337 e. The Kier molecular flexibility index (Phi) is 7.86. The number of hydrogen-bond acceptors (Lipinski definition) is 4. The molecule has 0 spiro atoms. The van der Waals surface area contributed by atoms with E-state index in [1.54, 1.807) is 18.2 Å². The zero-order chi connectivity index (χ0) is 26.0. The van der Waals surface area contributed by atoms with Crippen LogP contribution in [0.3, 0.4) is 0 Å². The quantitative estimate of drug-likeness (QED) is 0.355. The maximum Gasteiger partial charge on any atom is 0.337 e. The third-order valence-corrected chi connectivity index (χ3v) is 7.04. The molecule has 2 aromatic carbocycles. The molecule has 1 aliphatic heterocycles. The third-order valence-electron chi connectivity index (χ3n) is 6.50. The molecule has 1 N–H and O–H groups in total. The SMILES string of the molecule is C/N=C1/C=C(c2c(F)c(F)c(-c3cccc(CN4CCCCC4)c3)c(P)c2F)C=C(C(=O)O)/C1=N/C. The van der Waals surface area contributed by atoms with E-state index in [0.717, 1.165) is 37.6 Å². The molecule has 1 fully saturated rings. The largest absolute Gasteiger partial charge is 0.478 e. The molecule has 1 heterocycles. The molecule has 2 aliphatic rings. The number of halogens is 3. The van der Waals surface area contributed by atoms with Gasteiger partial charge in [0.05, 0.1) is 22.6 Å². The van der Waals surface area contributed by atoms with Crippen LogP contribution in [0.5, 0.6) is 0 Å². The van der Waals surface area contributed by atoms with Crippen molar-refractivity contribution in [2.75, 3.05) is 27.2 Å². The Hall–Kier alpha value is -3.09. The summed E-state index contributed by atoms with van der Waals surface area (Å²) in [5.74, 6) is -4.93. The molecule has 0 amide bonds. The van der Waals surface area contributed by atoms with Crippen molar-refractivity contribution in [1.82, 2.24) is 4.90 Å². The number of benzene rings is 2. The fourth-order valence-corrected chi connectivity index (χ4v) is 5.18. The molecule has 188 valence electrons. The Bertz CT molecular complexity index is 1310. The minimum Gasteiger partial charge on any atom is -0.478 e. The van der Waals surface area contributed by atoms with Crippen molar-refractivity contribution in [3.63, 3.8) is 0 Å². The van der Waals surface area contributed by atoms with Crippen LogP contribution in [0.1, 0.15) is 30.4 Å². The van der Waals surface area contributed by atoms with E-state index >= 15 is 13.2 Å². The first kappa shape index (κ1) is 26.0. The van der Waals surface area contributed by atoms with E-state index in [1.165, 1.54) is 26.6 Å². The highest BCUT2D eigenvalue weighted by Gasteiger charge is 2.30. The second kappa shape index (κ2) is 10.9. The van der Waals surface area contributed by atoms with Gasteiger partial charge < -0.3 is 5.11 Å². The van der Waals surface area contributed by atoms with Crippen molar-refractivity contribution < 1.29 is 23.1 Å². The van der Waals surface area contributed by atoms with E-state index in [2.05, 4.69) is 24.1 Å². The average molecular weight is 514 g/mol. The van der Waals surface area contributed by atoms with Gasteiger partial charge in [-0.05, 0) is 60.8 Å². The van der Waals surface area contributed by atoms with Gasteiger partial charge in [-0.1, -0.05) is 24.6 Å². The maximum absolute atomic E-state index is 15.7. The van der Waals surface area contributed by atoms with Gasteiger partial charge in [0.25, 0.3) is 0 Å². The summed E-state index contributed by atoms with van der Waals surface area (Å²) >= 11 is 0. The first-order chi connectivity index (χ1) is 17.3. The lowest BCUT2D eigenvalue weighted by Crippen LogP contribution is -2.29. The molecular weight excluding hydrogens is 486 g/mol. The lowest BCUT2D eigenvalue weighted by atomic mass is 9.89. The zero-order valence-electron chi connectivity index (χ0n) is 20.1. The van der Waals surface area contributed by atoms with Crippen LogP contribution >= 0.6 is 9.24 Å². The number of rotatable bonds is 5. The first-order valence-corrected chi connectivity index (χ1v) is 12.2. The molecule has 1 aliphatic carbocycles. The summed E-state index contributed by atoms with van der Waals surface area (Å²) < 4.78 is 46.7. The molecule has 2 aromatic rings.